The third-order valence-electron chi connectivity index (χ3n) is 5.32. The number of aromatic hydroxyl groups is 1. The van der Waals surface area contributed by atoms with Crippen LogP contribution in [0.4, 0.5) is 5.69 Å². The molecule has 134 valence electrons. The number of hydrogen-bond donors (Lipinski definition) is 2. The van der Waals surface area contributed by atoms with Crippen molar-refractivity contribution < 1.29 is 19.6 Å². The van der Waals surface area contributed by atoms with E-state index in [1.807, 2.05) is 0 Å². The van der Waals surface area contributed by atoms with Crippen molar-refractivity contribution in [3.05, 3.63) is 56.4 Å². The SMILES string of the molecule is O=C1CCCC2=C1C(c1ccc(O)c([N+](=O)[O-])c1)C1=C(CCCC1=O)N2. The zero-order chi connectivity index (χ0) is 18.4. The second-order valence-electron chi connectivity index (χ2n) is 6.90. The van der Waals surface area contributed by atoms with Crippen LogP contribution in [0.3, 0.4) is 0 Å². The minimum absolute atomic E-state index is 0.0237. The molecule has 0 spiro atoms. The number of nitro benzene ring substituents is 1. The summed E-state index contributed by atoms with van der Waals surface area (Å²) in [6.07, 6.45) is 3.78. The Morgan fingerprint density at radius 2 is 1.58 bits per heavy atom. The van der Waals surface area contributed by atoms with E-state index in [2.05, 4.69) is 5.32 Å². The zero-order valence-corrected chi connectivity index (χ0v) is 14.1. The van der Waals surface area contributed by atoms with E-state index in [4.69, 9.17) is 0 Å². The van der Waals surface area contributed by atoms with Gasteiger partial charge in [0.05, 0.1) is 4.92 Å². The van der Waals surface area contributed by atoms with Crippen molar-refractivity contribution in [3.8, 4) is 5.75 Å². The van der Waals surface area contributed by atoms with E-state index in [9.17, 15) is 24.8 Å². The highest BCUT2D eigenvalue weighted by molar-refractivity contribution is 6.06. The lowest BCUT2D eigenvalue weighted by Gasteiger charge is -2.37. The molecule has 7 nitrogen and oxygen atoms in total. The van der Waals surface area contributed by atoms with Crippen LogP contribution in [0.2, 0.25) is 0 Å². The first-order valence-electron chi connectivity index (χ1n) is 8.74. The Hall–Kier alpha value is -2.96. The molecule has 26 heavy (non-hydrogen) atoms. The molecule has 2 aliphatic carbocycles. The number of phenols is 1. The molecule has 2 N–H and O–H groups in total. The number of allylic oxidation sites excluding steroid dienone is 4. The lowest BCUT2D eigenvalue weighted by Crippen LogP contribution is -2.36. The van der Waals surface area contributed by atoms with E-state index < -0.39 is 22.3 Å². The van der Waals surface area contributed by atoms with Gasteiger partial charge >= 0.3 is 5.69 Å². The summed E-state index contributed by atoms with van der Waals surface area (Å²) in [5, 5.41) is 24.3. The highest BCUT2D eigenvalue weighted by atomic mass is 16.6. The molecular weight excluding hydrogens is 336 g/mol. The summed E-state index contributed by atoms with van der Waals surface area (Å²) in [6.45, 7) is 0. The Balaban J connectivity index is 1.93. The van der Waals surface area contributed by atoms with E-state index >= 15 is 0 Å². The minimum Gasteiger partial charge on any atom is -0.502 e. The molecule has 0 saturated heterocycles. The van der Waals surface area contributed by atoms with Crippen LogP contribution in [0, 0.1) is 10.1 Å². The lowest BCUT2D eigenvalue weighted by atomic mass is 9.71. The third-order valence-corrected chi connectivity index (χ3v) is 5.32. The molecule has 1 heterocycles. The summed E-state index contributed by atoms with van der Waals surface area (Å²) in [6, 6.07) is 4.11. The maximum atomic E-state index is 12.7. The second kappa shape index (κ2) is 6.09. The van der Waals surface area contributed by atoms with Crippen LogP contribution in [0.15, 0.2) is 40.7 Å². The van der Waals surface area contributed by atoms with E-state index in [1.165, 1.54) is 12.1 Å². The van der Waals surface area contributed by atoms with Gasteiger partial charge in [-0.05, 0) is 37.3 Å². The van der Waals surface area contributed by atoms with Crippen LogP contribution < -0.4 is 5.32 Å². The smallest absolute Gasteiger partial charge is 0.310 e. The van der Waals surface area contributed by atoms with Crippen molar-refractivity contribution in [3.63, 3.8) is 0 Å². The van der Waals surface area contributed by atoms with Gasteiger partial charge in [0.1, 0.15) is 0 Å². The predicted molar refractivity (Wildman–Crippen MR) is 92.4 cm³/mol. The van der Waals surface area contributed by atoms with Crippen LogP contribution in [-0.2, 0) is 9.59 Å². The topological polar surface area (TPSA) is 110 Å². The number of nitrogens with zero attached hydrogens (tertiary/aromatic N) is 1. The molecule has 0 amide bonds. The van der Waals surface area contributed by atoms with Crippen molar-refractivity contribution in [1.82, 2.24) is 5.32 Å². The van der Waals surface area contributed by atoms with Gasteiger partial charge in [-0.15, -0.1) is 0 Å². The molecule has 0 atom stereocenters. The maximum absolute atomic E-state index is 12.7. The standard InChI is InChI=1S/C19H18N2O5/c22-14-8-7-10(9-13(14)21(25)26)17-18-11(3-1-5-15(18)23)20-12-4-2-6-16(24)19(12)17/h7-9,17,20,22H,1-6H2. The molecule has 0 aromatic heterocycles. The summed E-state index contributed by atoms with van der Waals surface area (Å²) < 4.78 is 0. The van der Waals surface area contributed by atoms with Gasteiger partial charge < -0.3 is 10.4 Å². The van der Waals surface area contributed by atoms with Crippen LogP contribution in [-0.4, -0.2) is 21.6 Å². The Kier molecular flexibility index (Phi) is 3.86. The Morgan fingerprint density at radius 3 is 2.12 bits per heavy atom. The van der Waals surface area contributed by atoms with Crippen LogP contribution in [0.1, 0.15) is 50.0 Å². The molecule has 0 radical (unpaired) electrons. The second-order valence-corrected chi connectivity index (χ2v) is 6.90. The summed E-state index contributed by atoms with van der Waals surface area (Å²) >= 11 is 0. The van der Waals surface area contributed by atoms with Gasteiger partial charge in [-0.2, -0.15) is 0 Å². The number of nitrogens with one attached hydrogen (secondary N) is 1. The largest absolute Gasteiger partial charge is 0.502 e. The molecule has 0 bridgehead atoms. The highest BCUT2D eigenvalue weighted by Gasteiger charge is 2.40. The Bertz CT molecular complexity index is 871. The number of ketones is 2. The molecule has 4 rings (SSSR count). The number of phenolic OH excluding ortho intramolecular Hbond substituents is 1. The molecule has 1 aromatic rings. The van der Waals surface area contributed by atoms with Crippen molar-refractivity contribution in [2.45, 2.75) is 44.4 Å². The fourth-order valence-electron chi connectivity index (χ4n) is 4.18. The number of nitro groups is 1. The fraction of sp³-hybridized carbons (Fsp3) is 0.368. The number of rotatable bonds is 2. The van der Waals surface area contributed by atoms with E-state index in [0.29, 0.717) is 29.6 Å². The number of dihydropyridines is 1. The van der Waals surface area contributed by atoms with E-state index in [1.54, 1.807) is 6.07 Å². The van der Waals surface area contributed by atoms with Gasteiger partial charge in [-0.3, -0.25) is 19.7 Å². The fourth-order valence-corrected chi connectivity index (χ4v) is 4.18. The average molecular weight is 354 g/mol. The van der Waals surface area contributed by atoms with Crippen molar-refractivity contribution in [1.29, 1.82) is 0 Å². The Labute approximate surface area is 149 Å². The summed E-state index contributed by atoms with van der Waals surface area (Å²) in [4.78, 5) is 35.9. The van der Waals surface area contributed by atoms with Gasteiger partial charge in [-0.1, -0.05) is 6.07 Å². The van der Waals surface area contributed by atoms with E-state index in [0.717, 1.165) is 37.1 Å². The molecule has 0 saturated carbocycles. The molecule has 3 aliphatic rings. The normalized spacial score (nSPS) is 20.6. The summed E-state index contributed by atoms with van der Waals surface area (Å²) in [5.74, 6) is -1.07. The van der Waals surface area contributed by atoms with Crippen molar-refractivity contribution in [2.24, 2.45) is 0 Å². The van der Waals surface area contributed by atoms with Gasteiger partial charge in [0, 0.05) is 47.4 Å². The van der Waals surface area contributed by atoms with Crippen LogP contribution >= 0.6 is 0 Å². The highest BCUT2D eigenvalue weighted by Crippen LogP contribution is 2.46. The quantitative estimate of drug-likeness (QED) is 0.624. The molecule has 7 heteroatoms. The summed E-state index contributed by atoms with van der Waals surface area (Å²) in [5.41, 5.74) is 2.83. The van der Waals surface area contributed by atoms with Crippen LogP contribution in [0.5, 0.6) is 5.75 Å². The molecule has 1 aromatic carbocycles. The average Bonchev–Trinajstić information content (AvgIpc) is 2.61. The Morgan fingerprint density at radius 1 is 1.00 bits per heavy atom. The first kappa shape index (κ1) is 16.5. The number of benzene rings is 1. The van der Waals surface area contributed by atoms with Gasteiger partial charge in [0.2, 0.25) is 0 Å². The number of Topliss-reactive ketones (excluding diaryl/α,β-unsaturated/α-hetero) is 2. The number of hydrogen-bond acceptors (Lipinski definition) is 6. The maximum Gasteiger partial charge on any atom is 0.310 e. The predicted octanol–water partition coefficient (Wildman–Crippen LogP) is 3.00. The minimum atomic E-state index is -0.657. The molecule has 1 aliphatic heterocycles. The zero-order valence-electron chi connectivity index (χ0n) is 14.1. The van der Waals surface area contributed by atoms with Gasteiger partial charge in [0.25, 0.3) is 0 Å². The lowest BCUT2D eigenvalue weighted by molar-refractivity contribution is -0.385. The first-order chi connectivity index (χ1) is 12.5. The monoisotopic (exact) mass is 354 g/mol. The van der Waals surface area contributed by atoms with Gasteiger partial charge in [0.15, 0.2) is 17.3 Å². The van der Waals surface area contributed by atoms with E-state index in [-0.39, 0.29) is 11.6 Å². The molecular formula is C19H18N2O5. The van der Waals surface area contributed by atoms with Crippen LogP contribution in [0.25, 0.3) is 0 Å². The van der Waals surface area contributed by atoms with Crippen molar-refractivity contribution >= 4 is 17.3 Å². The van der Waals surface area contributed by atoms with Crippen molar-refractivity contribution in [2.75, 3.05) is 0 Å². The summed E-state index contributed by atoms with van der Waals surface area (Å²) in [7, 11) is 0. The third kappa shape index (κ3) is 2.51. The first-order valence-corrected chi connectivity index (χ1v) is 8.74. The van der Waals surface area contributed by atoms with Gasteiger partial charge in [-0.25, -0.2) is 0 Å². The number of carbonyl (C=O) groups excluding carboxylic acids is 2. The number of carbonyl (C=O) groups is 2. The molecule has 0 unspecified atom stereocenters. The molecule has 0 fully saturated rings.